The Morgan fingerprint density at radius 3 is 2.65 bits per heavy atom. The molecule has 1 aliphatic heterocycles. The summed E-state index contributed by atoms with van der Waals surface area (Å²) in [5.74, 6) is -0.775. The molecule has 26 heavy (non-hydrogen) atoms. The summed E-state index contributed by atoms with van der Waals surface area (Å²) in [4.78, 5) is 25.3. The summed E-state index contributed by atoms with van der Waals surface area (Å²) in [6.07, 6.45) is 1.84. The van der Waals surface area contributed by atoms with Gasteiger partial charge in [0.1, 0.15) is 5.56 Å². The molecule has 1 atom stereocenters. The van der Waals surface area contributed by atoms with E-state index in [4.69, 9.17) is 4.74 Å². The second kappa shape index (κ2) is 8.32. The molecule has 0 spiro atoms. The Morgan fingerprint density at radius 1 is 1.38 bits per heavy atom. The lowest BCUT2D eigenvalue weighted by molar-refractivity contribution is 0.0928. The Balaban J connectivity index is 2.17. The molecule has 2 heterocycles. The van der Waals surface area contributed by atoms with E-state index in [1.54, 1.807) is 17.6 Å². The Hall–Kier alpha value is -1.71. The summed E-state index contributed by atoms with van der Waals surface area (Å²) >= 11 is 0. The molecule has 1 aliphatic rings. The van der Waals surface area contributed by atoms with E-state index in [1.807, 2.05) is 6.92 Å². The SMILES string of the molecule is Cc1cc(C)n(CC2CCCO2)c(=O)c1C(=O)NCCS(=O)(=O)N(C)C. The van der Waals surface area contributed by atoms with Gasteiger partial charge in [0.25, 0.3) is 11.5 Å². The van der Waals surface area contributed by atoms with Gasteiger partial charge in [0, 0.05) is 32.9 Å². The monoisotopic (exact) mass is 385 g/mol. The molecule has 0 aromatic carbocycles. The lowest BCUT2D eigenvalue weighted by Crippen LogP contribution is -2.39. The minimum atomic E-state index is -3.41. The van der Waals surface area contributed by atoms with Crippen molar-refractivity contribution in [2.24, 2.45) is 0 Å². The highest BCUT2D eigenvalue weighted by Crippen LogP contribution is 2.15. The molecule has 146 valence electrons. The Bertz CT molecular complexity index is 824. The zero-order valence-corrected chi connectivity index (χ0v) is 16.6. The molecule has 8 nitrogen and oxygen atoms in total. The van der Waals surface area contributed by atoms with Crippen molar-refractivity contribution in [3.05, 3.63) is 33.2 Å². The van der Waals surface area contributed by atoms with E-state index in [2.05, 4.69) is 5.32 Å². The van der Waals surface area contributed by atoms with E-state index in [1.165, 1.54) is 14.1 Å². The standard InChI is InChI=1S/C17H27N3O5S/c1-12-10-13(2)20(11-14-6-5-8-25-14)17(22)15(12)16(21)18-7-9-26(23,24)19(3)4/h10,14H,5-9,11H2,1-4H3,(H,18,21). The Kier molecular flexibility index (Phi) is 6.59. The van der Waals surface area contributed by atoms with Crippen LogP contribution in [0.2, 0.25) is 0 Å². The number of nitrogens with one attached hydrogen (secondary N) is 1. The van der Waals surface area contributed by atoms with E-state index >= 15 is 0 Å². The largest absolute Gasteiger partial charge is 0.376 e. The summed E-state index contributed by atoms with van der Waals surface area (Å²) in [6.45, 7) is 4.58. The predicted molar refractivity (Wildman–Crippen MR) is 99.0 cm³/mol. The average Bonchev–Trinajstić information content (AvgIpc) is 3.04. The van der Waals surface area contributed by atoms with E-state index in [9.17, 15) is 18.0 Å². The zero-order valence-electron chi connectivity index (χ0n) is 15.7. The molecule has 1 unspecified atom stereocenters. The van der Waals surface area contributed by atoms with Crippen LogP contribution in [0.15, 0.2) is 10.9 Å². The first kappa shape index (κ1) is 20.6. The van der Waals surface area contributed by atoms with E-state index in [-0.39, 0.29) is 29.5 Å². The minimum absolute atomic E-state index is 0.0183. The maximum absolute atomic E-state index is 12.8. The van der Waals surface area contributed by atoms with Gasteiger partial charge in [-0.1, -0.05) is 0 Å². The normalized spacial score (nSPS) is 17.7. The molecule has 1 fully saturated rings. The van der Waals surface area contributed by atoms with Crippen LogP contribution in [0.25, 0.3) is 0 Å². The molecule has 0 radical (unpaired) electrons. The number of carbonyl (C=O) groups is 1. The van der Waals surface area contributed by atoms with Crippen molar-refractivity contribution in [1.82, 2.24) is 14.2 Å². The van der Waals surface area contributed by atoms with Crippen molar-refractivity contribution in [2.45, 2.75) is 39.3 Å². The van der Waals surface area contributed by atoms with Crippen LogP contribution in [0.5, 0.6) is 0 Å². The van der Waals surface area contributed by atoms with Crippen molar-refractivity contribution in [3.63, 3.8) is 0 Å². The van der Waals surface area contributed by atoms with Gasteiger partial charge in [-0.2, -0.15) is 0 Å². The third kappa shape index (κ3) is 4.72. The van der Waals surface area contributed by atoms with Gasteiger partial charge in [0.2, 0.25) is 10.0 Å². The fourth-order valence-electron chi connectivity index (χ4n) is 2.99. The molecule has 9 heteroatoms. The highest BCUT2D eigenvalue weighted by atomic mass is 32.2. The number of aromatic nitrogens is 1. The van der Waals surface area contributed by atoms with Crippen LogP contribution < -0.4 is 10.9 Å². The smallest absolute Gasteiger partial charge is 0.263 e. The van der Waals surface area contributed by atoms with Gasteiger partial charge in [0.15, 0.2) is 0 Å². The number of pyridine rings is 1. The summed E-state index contributed by atoms with van der Waals surface area (Å²) in [7, 11) is -0.537. The quantitative estimate of drug-likeness (QED) is 0.726. The molecule has 1 aromatic rings. The number of sulfonamides is 1. The fourth-order valence-corrected chi connectivity index (χ4v) is 3.71. The maximum Gasteiger partial charge on any atom is 0.263 e. The number of amides is 1. The highest BCUT2D eigenvalue weighted by Gasteiger charge is 2.22. The fraction of sp³-hybridized carbons (Fsp3) is 0.647. The molecule has 1 saturated heterocycles. The highest BCUT2D eigenvalue weighted by molar-refractivity contribution is 7.89. The van der Waals surface area contributed by atoms with Gasteiger partial charge in [-0.05, 0) is 38.3 Å². The summed E-state index contributed by atoms with van der Waals surface area (Å²) in [5, 5.41) is 2.54. The van der Waals surface area contributed by atoms with Gasteiger partial charge in [0.05, 0.1) is 18.4 Å². The van der Waals surface area contributed by atoms with Crippen molar-refractivity contribution in [2.75, 3.05) is 33.0 Å². The van der Waals surface area contributed by atoms with Crippen LogP contribution in [-0.2, 0) is 21.3 Å². The maximum atomic E-state index is 12.8. The summed E-state index contributed by atoms with van der Waals surface area (Å²) < 4.78 is 31.8. The molecule has 0 bridgehead atoms. The van der Waals surface area contributed by atoms with E-state index in [0.29, 0.717) is 18.7 Å². The molecule has 0 saturated carbocycles. The first-order valence-electron chi connectivity index (χ1n) is 8.64. The number of carbonyl (C=O) groups excluding carboxylic acids is 1. The van der Waals surface area contributed by atoms with Crippen molar-refractivity contribution >= 4 is 15.9 Å². The average molecular weight is 385 g/mol. The molecule has 2 rings (SSSR count). The van der Waals surface area contributed by atoms with Gasteiger partial charge in [-0.25, -0.2) is 12.7 Å². The van der Waals surface area contributed by atoms with Crippen LogP contribution in [-0.4, -0.2) is 62.3 Å². The predicted octanol–water partition coefficient (Wildman–Crippen LogP) is 0.265. The first-order chi connectivity index (χ1) is 12.1. The van der Waals surface area contributed by atoms with Crippen LogP contribution in [0.4, 0.5) is 0 Å². The number of ether oxygens (including phenoxy) is 1. The molecule has 1 aromatic heterocycles. The third-order valence-electron chi connectivity index (χ3n) is 4.54. The lowest BCUT2D eigenvalue weighted by atomic mass is 10.1. The number of aryl methyl sites for hydroxylation is 2. The van der Waals surface area contributed by atoms with Crippen LogP contribution in [0, 0.1) is 13.8 Å². The topological polar surface area (TPSA) is 97.7 Å². The van der Waals surface area contributed by atoms with E-state index in [0.717, 1.165) is 22.8 Å². The van der Waals surface area contributed by atoms with Crippen molar-refractivity contribution in [3.8, 4) is 0 Å². The first-order valence-corrected chi connectivity index (χ1v) is 10.3. The Labute approximate surface area is 154 Å². The van der Waals surface area contributed by atoms with Crippen molar-refractivity contribution < 1.29 is 17.9 Å². The Morgan fingerprint density at radius 2 is 2.08 bits per heavy atom. The molecule has 1 N–H and O–H groups in total. The molecule has 0 aliphatic carbocycles. The summed E-state index contributed by atoms with van der Waals surface area (Å²) in [5.41, 5.74) is 1.03. The van der Waals surface area contributed by atoms with Crippen molar-refractivity contribution in [1.29, 1.82) is 0 Å². The molecular weight excluding hydrogens is 358 g/mol. The number of hydrogen-bond acceptors (Lipinski definition) is 5. The van der Waals surface area contributed by atoms with Gasteiger partial charge >= 0.3 is 0 Å². The third-order valence-corrected chi connectivity index (χ3v) is 6.38. The second-order valence-electron chi connectivity index (χ2n) is 6.75. The lowest BCUT2D eigenvalue weighted by Gasteiger charge is -2.17. The number of hydrogen-bond donors (Lipinski definition) is 1. The van der Waals surface area contributed by atoms with Gasteiger partial charge in [-0.15, -0.1) is 0 Å². The summed E-state index contributed by atoms with van der Waals surface area (Å²) in [6, 6.07) is 1.79. The van der Waals surface area contributed by atoms with Crippen LogP contribution in [0.1, 0.15) is 34.5 Å². The number of nitrogens with zero attached hydrogens (tertiary/aromatic N) is 2. The van der Waals surface area contributed by atoms with E-state index < -0.39 is 15.9 Å². The van der Waals surface area contributed by atoms with Gasteiger partial charge in [-0.3, -0.25) is 9.59 Å². The minimum Gasteiger partial charge on any atom is -0.376 e. The van der Waals surface area contributed by atoms with Crippen LogP contribution >= 0.6 is 0 Å². The van der Waals surface area contributed by atoms with Crippen LogP contribution in [0.3, 0.4) is 0 Å². The molecule has 1 amide bonds. The second-order valence-corrected chi connectivity index (χ2v) is 9.05. The molecular formula is C17H27N3O5S. The van der Waals surface area contributed by atoms with Gasteiger partial charge < -0.3 is 14.6 Å². The number of rotatable bonds is 7. The zero-order chi connectivity index (χ0) is 19.5.